The van der Waals surface area contributed by atoms with E-state index in [1.807, 2.05) is 30.3 Å². The van der Waals surface area contributed by atoms with Crippen LogP contribution in [0, 0.1) is 0 Å². The van der Waals surface area contributed by atoms with Crippen LogP contribution in [-0.2, 0) is 21.8 Å². The van der Waals surface area contributed by atoms with Gasteiger partial charge in [-0.2, -0.15) is 18.2 Å². The fourth-order valence-corrected chi connectivity index (χ4v) is 1.34. The van der Waals surface area contributed by atoms with Crippen molar-refractivity contribution in [1.82, 2.24) is 10.9 Å². The number of amides is 1. The van der Waals surface area contributed by atoms with Crippen LogP contribution in [-0.4, -0.2) is 16.8 Å². The van der Waals surface area contributed by atoms with E-state index < -0.39 is 11.7 Å². The van der Waals surface area contributed by atoms with Crippen molar-refractivity contribution < 1.29 is 31.7 Å². The zero-order valence-electron chi connectivity index (χ0n) is 13.2. The Morgan fingerprint density at radius 1 is 1.13 bits per heavy atom. The van der Waals surface area contributed by atoms with Crippen LogP contribution in [0.3, 0.4) is 0 Å². The van der Waals surface area contributed by atoms with Crippen LogP contribution >= 0.6 is 12.4 Å². The number of carbonyl (C=O) groups excluding carboxylic acids is 1. The zero-order valence-corrected chi connectivity index (χ0v) is 15.1. The quantitative estimate of drug-likeness (QED) is 0.316. The van der Waals surface area contributed by atoms with Crippen LogP contribution in [0.1, 0.15) is 20.8 Å². The number of aliphatic hydroxyl groups excluding tert-OH is 1. The molecule has 1 amide bonds. The van der Waals surface area contributed by atoms with E-state index >= 15 is 0 Å². The van der Waals surface area contributed by atoms with Gasteiger partial charge >= 0.3 is 23.2 Å². The predicted molar refractivity (Wildman–Crippen MR) is 89.7 cm³/mol. The topological polar surface area (TPSA) is 70.6 Å². The molecule has 0 unspecified atom stereocenters. The summed E-state index contributed by atoms with van der Waals surface area (Å²) >= 11 is 0. The number of aliphatic hydroxyl groups is 1. The van der Waals surface area contributed by atoms with Crippen LogP contribution in [0.5, 0.6) is 0 Å². The van der Waals surface area contributed by atoms with Crippen LogP contribution in [0.2, 0.25) is 0 Å². The molecule has 0 aliphatic heterocycles. The maximum Gasteiger partial charge on any atom is 5.00 e. The normalized spacial score (nSPS) is 11.3. The van der Waals surface area contributed by atoms with Gasteiger partial charge in [-0.05, 0) is 32.9 Å². The fourth-order valence-electron chi connectivity index (χ4n) is 1.34. The van der Waals surface area contributed by atoms with Gasteiger partial charge < -0.3 is 9.84 Å². The number of allylic oxidation sites excluding steroid dienone is 5. The van der Waals surface area contributed by atoms with Crippen LogP contribution in [0.4, 0.5) is 4.79 Å². The molecule has 1 aromatic rings. The number of ether oxygens (including phenoxy) is 1. The van der Waals surface area contributed by atoms with Crippen molar-refractivity contribution in [1.29, 1.82) is 0 Å². The van der Waals surface area contributed by atoms with Crippen molar-refractivity contribution in [2.24, 2.45) is 0 Å². The predicted octanol–water partition coefficient (Wildman–Crippen LogP) is 3.74. The van der Waals surface area contributed by atoms with Gasteiger partial charge in [-0.1, -0.05) is 12.2 Å². The Morgan fingerprint density at radius 2 is 1.65 bits per heavy atom. The van der Waals surface area contributed by atoms with Gasteiger partial charge in [0.2, 0.25) is 5.88 Å². The molecule has 5 nitrogen and oxygen atoms in total. The minimum atomic E-state index is -0.648. The van der Waals surface area contributed by atoms with Gasteiger partial charge in [0.25, 0.3) is 0 Å². The summed E-state index contributed by atoms with van der Waals surface area (Å²) in [6.07, 6.45) is 6.32. The first kappa shape index (κ1) is 23.5. The van der Waals surface area contributed by atoms with E-state index in [0.29, 0.717) is 5.57 Å². The molecule has 23 heavy (non-hydrogen) atoms. The van der Waals surface area contributed by atoms with Crippen LogP contribution < -0.4 is 10.9 Å². The SMILES string of the molecule is CC(C)(C)OC(=O)NNC(O)=C1C=CC=C1.Cl.[Fe+5].c1cc[cH-]c1. The third-order valence-electron chi connectivity index (χ3n) is 2.17. The van der Waals surface area contributed by atoms with E-state index in [-0.39, 0.29) is 35.4 Å². The number of hydrogen-bond acceptors (Lipinski definition) is 4. The van der Waals surface area contributed by atoms with Gasteiger partial charge in [-0.25, -0.2) is 22.4 Å². The smallest absolute Gasteiger partial charge is 0.493 e. The first-order chi connectivity index (χ1) is 9.88. The molecule has 2 rings (SSSR count). The molecule has 125 valence electrons. The summed E-state index contributed by atoms with van der Waals surface area (Å²) in [5, 5.41) is 9.49. The Bertz CT molecular complexity index is 501. The minimum absolute atomic E-state index is 0. The molecule has 3 N–H and O–H groups in total. The Labute approximate surface area is 153 Å². The van der Waals surface area contributed by atoms with Crippen molar-refractivity contribution in [2.75, 3.05) is 0 Å². The zero-order chi connectivity index (χ0) is 15.7. The summed E-state index contributed by atoms with van der Waals surface area (Å²) in [4.78, 5) is 11.2. The minimum Gasteiger partial charge on any atom is -0.493 e. The van der Waals surface area contributed by atoms with Gasteiger partial charge in [0.1, 0.15) is 5.60 Å². The Hall–Kier alpha value is -1.75. The monoisotopic (exact) mass is 381 g/mol. The molecule has 1 aliphatic carbocycles. The third kappa shape index (κ3) is 11.5. The summed E-state index contributed by atoms with van der Waals surface area (Å²) in [6.45, 7) is 5.27. The standard InChI is InChI=1S/C11H16N2O3.C5H5.ClH.Fe/c1-11(2,3)16-10(15)13-12-9(14)8-6-4-5-7-8;1-2-4-5-3-1;;/h4-7,12,14H,1-3H3,(H,13,15);1-5H;1H;/q;-1;;+5. The molecule has 0 saturated heterocycles. The average Bonchev–Trinajstić information content (AvgIpc) is 3.08. The van der Waals surface area contributed by atoms with E-state index in [9.17, 15) is 9.90 Å². The molecule has 0 spiro atoms. The van der Waals surface area contributed by atoms with E-state index in [0.717, 1.165) is 0 Å². The molecule has 1 aromatic carbocycles. The maximum atomic E-state index is 11.2. The third-order valence-corrected chi connectivity index (χ3v) is 2.17. The average molecular weight is 382 g/mol. The van der Waals surface area contributed by atoms with Gasteiger partial charge in [-0.3, -0.25) is 5.43 Å². The van der Waals surface area contributed by atoms with E-state index in [1.165, 1.54) is 0 Å². The second kappa shape index (κ2) is 11.8. The first-order valence-corrected chi connectivity index (χ1v) is 6.58. The van der Waals surface area contributed by atoms with Crippen molar-refractivity contribution in [3.05, 3.63) is 66.1 Å². The van der Waals surface area contributed by atoms with Crippen molar-refractivity contribution in [3.63, 3.8) is 0 Å². The number of hydrazine groups is 1. The Kier molecular flexibility index (Phi) is 12.0. The molecule has 1 aliphatic rings. The molecular formula is C16H22ClFeN2O3+4. The summed E-state index contributed by atoms with van der Waals surface area (Å²) < 4.78 is 4.97. The second-order valence-electron chi connectivity index (χ2n) is 5.24. The molecule has 0 atom stereocenters. The summed E-state index contributed by atoms with van der Waals surface area (Å²) in [5.74, 6) is -0.129. The second-order valence-corrected chi connectivity index (χ2v) is 5.24. The van der Waals surface area contributed by atoms with Gasteiger partial charge in [0, 0.05) is 5.57 Å². The molecule has 1 radical (unpaired) electrons. The van der Waals surface area contributed by atoms with Crippen molar-refractivity contribution in [3.8, 4) is 0 Å². The van der Waals surface area contributed by atoms with Crippen LogP contribution in [0.25, 0.3) is 0 Å². The van der Waals surface area contributed by atoms with Crippen molar-refractivity contribution >= 4 is 18.5 Å². The van der Waals surface area contributed by atoms with Gasteiger partial charge in [-0.15, -0.1) is 12.4 Å². The Morgan fingerprint density at radius 3 is 2.04 bits per heavy atom. The number of carbonyl (C=O) groups is 1. The summed E-state index contributed by atoms with van der Waals surface area (Å²) in [7, 11) is 0. The van der Waals surface area contributed by atoms with E-state index in [2.05, 4.69) is 10.9 Å². The van der Waals surface area contributed by atoms with Crippen molar-refractivity contribution in [2.45, 2.75) is 26.4 Å². The number of rotatable bonds is 2. The number of hydrogen-bond donors (Lipinski definition) is 3. The molecule has 0 heterocycles. The molecule has 0 saturated carbocycles. The first-order valence-electron chi connectivity index (χ1n) is 6.58. The maximum absolute atomic E-state index is 11.2. The largest absolute Gasteiger partial charge is 5.00 e. The summed E-state index contributed by atoms with van der Waals surface area (Å²) in [6, 6.07) is 10.0. The Balaban J connectivity index is 0. The molecule has 0 bridgehead atoms. The van der Waals surface area contributed by atoms with E-state index in [1.54, 1.807) is 45.1 Å². The van der Waals surface area contributed by atoms with Gasteiger partial charge in [0.05, 0.1) is 0 Å². The number of nitrogens with one attached hydrogen (secondary N) is 2. The van der Waals surface area contributed by atoms with Crippen LogP contribution in [0.15, 0.2) is 66.1 Å². The van der Waals surface area contributed by atoms with Gasteiger partial charge in [0.15, 0.2) is 0 Å². The summed E-state index contributed by atoms with van der Waals surface area (Å²) in [5.41, 5.74) is 4.61. The molecule has 0 fully saturated rings. The van der Waals surface area contributed by atoms with E-state index in [4.69, 9.17) is 4.74 Å². The fraction of sp³-hybridized carbons (Fsp3) is 0.250. The molecule has 7 heteroatoms. The number of halogens is 1. The molecular weight excluding hydrogens is 359 g/mol. The molecule has 0 aromatic heterocycles.